The van der Waals surface area contributed by atoms with Gasteiger partial charge in [-0.25, -0.2) is 0 Å². The van der Waals surface area contributed by atoms with Crippen molar-refractivity contribution in [2.75, 3.05) is 19.0 Å². The average Bonchev–Trinajstić information content (AvgIpc) is 2.48. The van der Waals surface area contributed by atoms with Crippen LogP contribution in [0.1, 0.15) is 24.8 Å². The minimum atomic E-state index is -4.96. The van der Waals surface area contributed by atoms with Crippen LogP contribution in [0.2, 0.25) is 0 Å². The molecule has 23 heavy (non-hydrogen) atoms. The number of hydrogen-bond donors (Lipinski definition) is 1. The lowest BCUT2D eigenvalue weighted by Crippen LogP contribution is -2.27. The highest BCUT2D eigenvalue weighted by molar-refractivity contribution is 6.00. The molecule has 0 radical (unpaired) electrons. The van der Waals surface area contributed by atoms with Crippen molar-refractivity contribution < 1.29 is 23.1 Å². The van der Waals surface area contributed by atoms with Gasteiger partial charge < -0.3 is 10.0 Å². The van der Waals surface area contributed by atoms with Gasteiger partial charge in [0.1, 0.15) is 5.76 Å². The van der Waals surface area contributed by atoms with E-state index in [0.29, 0.717) is 18.4 Å². The fourth-order valence-electron chi connectivity index (χ4n) is 2.49. The third-order valence-electron chi connectivity index (χ3n) is 3.74. The number of aliphatic hydroxyl groups excluding tert-OH is 1. The van der Waals surface area contributed by atoms with Crippen LogP contribution in [-0.2, 0) is 4.79 Å². The smallest absolute Gasteiger partial charge is 0.454 e. The number of ketones is 1. The van der Waals surface area contributed by atoms with Gasteiger partial charge in [-0.3, -0.25) is 4.79 Å². The molecule has 0 saturated carbocycles. The summed E-state index contributed by atoms with van der Waals surface area (Å²) in [5.41, 5.74) is 1.57. The number of Topliss-reactive ketones (excluding diaryl/α,β-unsaturated/α-hetero) is 1. The van der Waals surface area contributed by atoms with Crippen LogP contribution in [0.5, 0.6) is 0 Å². The first-order valence-corrected chi connectivity index (χ1v) is 7.22. The number of nitrogens with zero attached hydrogens (tertiary/aromatic N) is 1. The first kappa shape index (κ1) is 17.1. The summed E-state index contributed by atoms with van der Waals surface area (Å²) < 4.78 is 37.7. The molecule has 2 rings (SSSR count). The molecule has 6 heteroatoms. The lowest BCUT2D eigenvalue weighted by molar-refractivity contribution is -0.167. The molecule has 0 saturated heterocycles. The standard InChI is InChI=1S/C17H18F3NO2/c1-21(2)13-8-6-11(7-9-13)10-12-4-3-5-14(15(12)22)16(23)17(18,19)20/h6-10,22H,3-5H2,1-2H3. The van der Waals surface area contributed by atoms with Crippen molar-refractivity contribution in [3.63, 3.8) is 0 Å². The molecule has 1 aromatic carbocycles. The second-order valence-corrected chi connectivity index (χ2v) is 5.66. The van der Waals surface area contributed by atoms with Crippen molar-refractivity contribution >= 4 is 17.5 Å². The molecule has 1 aliphatic carbocycles. The topological polar surface area (TPSA) is 40.5 Å². The summed E-state index contributed by atoms with van der Waals surface area (Å²) in [5.74, 6) is -2.49. The molecular weight excluding hydrogens is 307 g/mol. The molecule has 0 amide bonds. The number of allylic oxidation sites excluding steroid dienone is 2. The summed E-state index contributed by atoms with van der Waals surface area (Å²) in [5, 5.41) is 10.0. The van der Waals surface area contributed by atoms with Crippen LogP contribution in [0.4, 0.5) is 18.9 Å². The van der Waals surface area contributed by atoms with Crippen LogP contribution < -0.4 is 4.90 Å². The highest BCUT2D eigenvalue weighted by atomic mass is 19.4. The molecule has 1 N–H and O–H groups in total. The molecule has 1 aromatic rings. The number of alkyl halides is 3. The molecule has 0 heterocycles. The Labute approximate surface area is 132 Å². The van der Waals surface area contributed by atoms with E-state index in [1.165, 1.54) is 0 Å². The summed E-state index contributed by atoms with van der Waals surface area (Å²) in [7, 11) is 3.80. The zero-order chi connectivity index (χ0) is 17.2. The molecular formula is C17H18F3NO2. The number of carbonyl (C=O) groups excluding carboxylic acids is 1. The molecule has 0 aromatic heterocycles. The minimum Gasteiger partial charge on any atom is -0.507 e. The Morgan fingerprint density at radius 3 is 2.30 bits per heavy atom. The van der Waals surface area contributed by atoms with Crippen molar-refractivity contribution in [1.82, 2.24) is 0 Å². The largest absolute Gasteiger partial charge is 0.507 e. The maximum atomic E-state index is 12.6. The lowest BCUT2D eigenvalue weighted by Gasteiger charge is -2.19. The van der Waals surface area contributed by atoms with E-state index in [2.05, 4.69) is 0 Å². The number of rotatable bonds is 3. The van der Waals surface area contributed by atoms with Gasteiger partial charge in [0.25, 0.3) is 5.78 Å². The molecule has 0 spiro atoms. The normalized spacial score (nSPS) is 17.5. The van der Waals surface area contributed by atoms with E-state index in [-0.39, 0.29) is 6.42 Å². The van der Waals surface area contributed by atoms with Gasteiger partial charge in [-0.15, -0.1) is 0 Å². The number of benzene rings is 1. The summed E-state index contributed by atoms with van der Waals surface area (Å²) in [6.45, 7) is 0. The van der Waals surface area contributed by atoms with Crippen molar-refractivity contribution in [2.24, 2.45) is 0 Å². The maximum Gasteiger partial charge on any atom is 0.454 e. The van der Waals surface area contributed by atoms with Crippen molar-refractivity contribution in [3.8, 4) is 0 Å². The summed E-state index contributed by atoms with van der Waals surface area (Å²) in [6, 6.07) is 7.38. The van der Waals surface area contributed by atoms with Crippen LogP contribution in [0, 0.1) is 0 Å². The third-order valence-corrected chi connectivity index (χ3v) is 3.74. The van der Waals surface area contributed by atoms with E-state index in [9.17, 15) is 23.1 Å². The first-order valence-electron chi connectivity index (χ1n) is 7.22. The highest BCUT2D eigenvalue weighted by Crippen LogP contribution is 2.34. The van der Waals surface area contributed by atoms with Crippen LogP contribution in [0.3, 0.4) is 0 Å². The SMILES string of the molecule is CN(C)c1ccc(C=C2CCCC(C(=O)C(F)(F)F)=C2O)cc1. The fraction of sp³-hybridized carbons (Fsp3) is 0.353. The van der Waals surface area contributed by atoms with Crippen molar-refractivity contribution in [2.45, 2.75) is 25.4 Å². The Balaban J connectivity index is 2.33. The van der Waals surface area contributed by atoms with Crippen molar-refractivity contribution in [3.05, 3.63) is 46.7 Å². The Bertz CT molecular complexity index is 655. The van der Waals surface area contributed by atoms with Gasteiger partial charge in [-0.1, -0.05) is 12.1 Å². The molecule has 3 nitrogen and oxygen atoms in total. The van der Waals surface area contributed by atoms with E-state index in [4.69, 9.17) is 0 Å². The summed E-state index contributed by atoms with van der Waals surface area (Å²) >= 11 is 0. The zero-order valence-electron chi connectivity index (χ0n) is 12.9. The van der Waals surface area contributed by atoms with E-state index < -0.39 is 23.3 Å². The quantitative estimate of drug-likeness (QED) is 0.902. The maximum absolute atomic E-state index is 12.6. The molecule has 1 aliphatic rings. The van der Waals surface area contributed by atoms with Gasteiger partial charge in [0.15, 0.2) is 0 Å². The van der Waals surface area contributed by atoms with Crippen LogP contribution >= 0.6 is 0 Å². The van der Waals surface area contributed by atoms with E-state index in [1.54, 1.807) is 6.08 Å². The van der Waals surface area contributed by atoms with Crippen LogP contribution in [-0.4, -0.2) is 31.2 Å². The summed E-state index contributed by atoms with van der Waals surface area (Å²) in [6.07, 6.45) is -2.55. The molecule has 0 aliphatic heterocycles. The molecule has 124 valence electrons. The van der Waals surface area contributed by atoms with E-state index in [0.717, 1.165) is 11.3 Å². The third kappa shape index (κ3) is 3.94. The fourth-order valence-corrected chi connectivity index (χ4v) is 2.49. The Hall–Kier alpha value is -2.24. The number of halogens is 3. The minimum absolute atomic E-state index is 0.0545. The van der Waals surface area contributed by atoms with Gasteiger partial charge in [0.2, 0.25) is 0 Å². The van der Waals surface area contributed by atoms with Gasteiger partial charge in [0, 0.05) is 25.4 Å². The Morgan fingerprint density at radius 2 is 1.78 bits per heavy atom. The van der Waals surface area contributed by atoms with Gasteiger partial charge in [-0.2, -0.15) is 13.2 Å². The zero-order valence-corrected chi connectivity index (χ0v) is 12.9. The number of anilines is 1. The molecule has 0 atom stereocenters. The first-order chi connectivity index (χ1) is 10.7. The number of aliphatic hydroxyl groups is 1. The molecule has 0 bridgehead atoms. The van der Waals surface area contributed by atoms with Gasteiger partial charge >= 0.3 is 6.18 Å². The second-order valence-electron chi connectivity index (χ2n) is 5.66. The number of carbonyl (C=O) groups is 1. The number of hydrogen-bond acceptors (Lipinski definition) is 3. The molecule has 0 unspecified atom stereocenters. The molecule has 0 fully saturated rings. The monoisotopic (exact) mass is 325 g/mol. The van der Waals surface area contributed by atoms with E-state index >= 15 is 0 Å². The second kappa shape index (κ2) is 6.48. The van der Waals surface area contributed by atoms with E-state index in [1.807, 2.05) is 43.3 Å². The van der Waals surface area contributed by atoms with Crippen molar-refractivity contribution in [1.29, 1.82) is 0 Å². The van der Waals surface area contributed by atoms with Gasteiger partial charge in [0.05, 0.1) is 0 Å². The predicted octanol–water partition coefficient (Wildman–Crippen LogP) is 4.26. The highest BCUT2D eigenvalue weighted by Gasteiger charge is 2.42. The summed E-state index contributed by atoms with van der Waals surface area (Å²) in [4.78, 5) is 13.3. The van der Waals surface area contributed by atoms with Crippen LogP contribution in [0.15, 0.2) is 41.2 Å². The van der Waals surface area contributed by atoms with Gasteiger partial charge in [-0.05, 0) is 48.6 Å². The average molecular weight is 325 g/mol. The Kier molecular flexibility index (Phi) is 4.82. The van der Waals surface area contributed by atoms with Crippen LogP contribution in [0.25, 0.3) is 6.08 Å². The predicted molar refractivity (Wildman–Crippen MR) is 83.3 cm³/mol. The Morgan fingerprint density at radius 1 is 1.17 bits per heavy atom. The lowest BCUT2D eigenvalue weighted by atomic mass is 9.89.